The number of hydrogen-bond donors (Lipinski definition) is 2. The van der Waals surface area contributed by atoms with E-state index in [1.54, 1.807) is 12.1 Å². The van der Waals surface area contributed by atoms with Crippen LogP contribution in [0.15, 0.2) is 48.5 Å². The lowest BCUT2D eigenvalue weighted by atomic mass is 10.1. The van der Waals surface area contributed by atoms with Crippen LogP contribution in [-0.2, 0) is 22.6 Å². The van der Waals surface area contributed by atoms with E-state index in [9.17, 15) is 9.59 Å². The lowest BCUT2D eigenvalue weighted by Crippen LogP contribution is -2.39. The standard InChI is InChI=1S/C23H23N5O3/c29-21(14-19-23(30)25-17-9-3-4-10-18(17)31-19)24-16-8-6-7-15(13-16)22-27-26-20-11-2-1-5-12-28(20)22/h3-4,6-10,13,19H,1-2,5,11-12,14H2,(H,24,29)(H,25,30)/t19-/m1/s1. The summed E-state index contributed by atoms with van der Waals surface area (Å²) in [6, 6.07) is 14.7. The van der Waals surface area contributed by atoms with E-state index in [1.165, 1.54) is 6.42 Å². The molecule has 2 aliphatic rings. The summed E-state index contributed by atoms with van der Waals surface area (Å²) in [4.78, 5) is 24.9. The molecule has 2 aliphatic heterocycles. The van der Waals surface area contributed by atoms with Crippen LogP contribution < -0.4 is 15.4 Å². The number of ether oxygens (including phenoxy) is 1. The fourth-order valence-electron chi connectivity index (χ4n) is 4.04. The van der Waals surface area contributed by atoms with Gasteiger partial charge in [-0.3, -0.25) is 9.59 Å². The number of carbonyl (C=O) groups is 2. The van der Waals surface area contributed by atoms with E-state index < -0.39 is 6.10 Å². The number of fused-ring (bicyclic) bond motifs is 2. The van der Waals surface area contributed by atoms with Crippen molar-refractivity contribution in [3.8, 4) is 17.1 Å². The van der Waals surface area contributed by atoms with Crippen LogP contribution in [0.3, 0.4) is 0 Å². The van der Waals surface area contributed by atoms with Crippen LogP contribution >= 0.6 is 0 Å². The minimum atomic E-state index is -0.870. The average molecular weight is 417 g/mol. The molecule has 31 heavy (non-hydrogen) atoms. The number of hydrogen-bond acceptors (Lipinski definition) is 5. The summed E-state index contributed by atoms with van der Waals surface area (Å²) in [5.74, 6) is 1.78. The Hall–Kier alpha value is -3.68. The van der Waals surface area contributed by atoms with Crippen molar-refractivity contribution in [2.45, 2.75) is 44.8 Å². The van der Waals surface area contributed by atoms with Gasteiger partial charge in [0.05, 0.1) is 12.1 Å². The summed E-state index contributed by atoms with van der Waals surface area (Å²) in [7, 11) is 0. The molecule has 0 unspecified atom stereocenters. The SMILES string of the molecule is O=C(C[C@H]1Oc2ccccc2NC1=O)Nc1cccc(-c2nnc3n2CCCCC3)c1. The molecule has 0 saturated carbocycles. The van der Waals surface area contributed by atoms with E-state index in [1.807, 2.05) is 36.4 Å². The van der Waals surface area contributed by atoms with Crippen molar-refractivity contribution in [2.75, 3.05) is 10.6 Å². The highest BCUT2D eigenvalue weighted by Crippen LogP contribution is 2.30. The fraction of sp³-hybridized carbons (Fsp3) is 0.304. The third kappa shape index (κ3) is 4.01. The highest BCUT2D eigenvalue weighted by molar-refractivity contribution is 6.02. The molecule has 1 atom stereocenters. The summed E-state index contributed by atoms with van der Waals surface area (Å²) in [6.45, 7) is 0.907. The Morgan fingerprint density at radius 1 is 1.13 bits per heavy atom. The molecule has 0 radical (unpaired) electrons. The number of nitrogens with zero attached hydrogens (tertiary/aromatic N) is 3. The van der Waals surface area contributed by atoms with Crippen LogP contribution in [0.5, 0.6) is 5.75 Å². The molecule has 0 aliphatic carbocycles. The molecular weight excluding hydrogens is 394 g/mol. The Kier molecular flexibility index (Phi) is 5.11. The number of anilines is 2. The van der Waals surface area contributed by atoms with Gasteiger partial charge in [0.25, 0.3) is 5.91 Å². The number of aromatic nitrogens is 3. The number of carbonyl (C=O) groups excluding carboxylic acids is 2. The molecule has 3 aromatic rings. The lowest BCUT2D eigenvalue weighted by Gasteiger charge is -2.25. The maximum absolute atomic E-state index is 12.6. The van der Waals surface area contributed by atoms with E-state index in [2.05, 4.69) is 25.4 Å². The normalized spacial score (nSPS) is 17.5. The predicted octanol–water partition coefficient (Wildman–Crippen LogP) is 3.40. The fourth-order valence-corrected chi connectivity index (χ4v) is 4.04. The zero-order valence-electron chi connectivity index (χ0n) is 17.0. The van der Waals surface area contributed by atoms with Gasteiger partial charge in [0.2, 0.25) is 5.91 Å². The van der Waals surface area contributed by atoms with Gasteiger partial charge in [-0.15, -0.1) is 10.2 Å². The molecule has 0 bridgehead atoms. The largest absolute Gasteiger partial charge is 0.478 e. The van der Waals surface area contributed by atoms with Crippen molar-refractivity contribution in [1.82, 2.24) is 14.8 Å². The molecule has 8 nitrogen and oxygen atoms in total. The molecule has 5 rings (SSSR count). The van der Waals surface area contributed by atoms with Gasteiger partial charge in [-0.05, 0) is 37.1 Å². The van der Waals surface area contributed by atoms with Crippen molar-refractivity contribution >= 4 is 23.2 Å². The van der Waals surface area contributed by atoms with Gasteiger partial charge in [0.1, 0.15) is 11.6 Å². The second kappa shape index (κ2) is 8.22. The zero-order chi connectivity index (χ0) is 21.2. The monoisotopic (exact) mass is 417 g/mol. The summed E-state index contributed by atoms with van der Waals surface area (Å²) in [5, 5.41) is 14.4. The minimum absolute atomic E-state index is 0.0786. The first-order valence-corrected chi connectivity index (χ1v) is 10.6. The van der Waals surface area contributed by atoms with Crippen LogP contribution in [0.1, 0.15) is 31.5 Å². The van der Waals surface area contributed by atoms with Gasteiger partial charge in [0.15, 0.2) is 11.9 Å². The maximum Gasteiger partial charge on any atom is 0.266 e. The smallest absolute Gasteiger partial charge is 0.266 e. The van der Waals surface area contributed by atoms with Crippen LogP contribution in [0.25, 0.3) is 11.4 Å². The second-order valence-electron chi connectivity index (χ2n) is 7.83. The number of nitrogens with one attached hydrogen (secondary N) is 2. The van der Waals surface area contributed by atoms with E-state index in [0.717, 1.165) is 43.0 Å². The predicted molar refractivity (Wildman–Crippen MR) is 116 cm³/mol. The second-order valence-corrected chi connectivity index (χ2v) is 7.83. The lowest BCUT2D eigenvalue weighted by molar-refractivity contribution is -0.128. The van der Waals surface area contributed by atoms with Gasteiger partial charge in [-0.2, -0.15) is 0 Å². The van der Waals surface area contributed by atoms with E-state index in [-0.39, 0.29) is 18.2 Å². The quantitative estimate of drug-likeness (QED) is 0.678. The van der Waals surface area contributed by atoms with Crippen LogP contribution in [0, 0.1) is 0 Å². The number of para-hydroxylation sites is 2. The van der Waals surface area contributed by atoms with Gasteiger partial charge >= 0.3 is 0 Å². The first-order valence-electron chi connectivity index (χ1n) is 10.6. The van der Waals surface area contributed by atoms with Gasteiger partial charge in [-0.1, -0.05) is 30.7 Å². The van der Waals surface area contributed by atoms with Crippen LogP contribution in [0.2, 0.25) is 0 Å². The van der Waals surface area contributed by atoms with Gasteiger partial charge in [-0.25, -0.2) is 0 Å². The molecule has 0 spiro atoms. The molecule has 2 aromatic carbocycles. The van der Waals surface area contributed by atoms with Crippen molar-refractivity contribution in [1.29, 1.82) is 0 Å². The number of rotatable bonds is 4. The summed E-state index contributed by atoms with van der Waals surface area (Å²) in [6.07, 6.45) is 3.43. The Balaban J connectivity index is 1.29. The first-order chi connectivity index (χ1) is 15.2. The Morgan fingerprint density at radius 2 is 2.03 bits per heavy atom. The Bertz CT molecular complexity index is 1140. The van der Waals surface area contributed by atoms with Crippen molar-refractivity contribution in [3.63, 3.8) is 0 Å². The van der Waals surface area contributed by atoms with Crippen LogP contribution in [0.4, 0.5) is 11.4 Å². The van der Waals surface area contributed by atoms with Gasteiger partial charge < -0.3 is 19.9 Å². The third-order valence-electron chi connectivity index (χ3n) is 5.59. The first kappa shape index (κ1) is 19.3. The molecule has 2 N–H and O–H groups in total. The van der Waals surface area contributed by atoms with E-state index >= 15 is 0 Å². The zero-order valence-corrected chi connectivity index (χ0v) is 17.0. The Morgan fingerprint density at radius 3 is 2.97 bits per heavy atom. The number of benzene rings is 2. The van der Waals surface area contributed by atoms with Crippen molar-refractivity contribution < 1.29 is 14.3 Å². The molecule has 0 saturated heterocycles. The van der Waals surface area contributed by atoms with Gasteiger partial charge in [0, 0.05) is 24.2 Å². The number of amides is 2. The third-order valence-corrected chi connectivity index (χ3v) is 5.59. The molecule has 0 fully saturated rings. The highest BCUT2D eigenvalue weighted by Gasteiger charge is 2.29. The highest BCUT2D eigenvalue weighted by atomic mass is 16.5. The van der Waals surface area contributed by atoms with E-state index in [0.29, 0.717) is 17.1 Å². The van der Waals surface area contributed by atoms with Crippen molar-refractivity contribution in [2.24, 2.45) is 0 Å². The van der Waals surface area contributed by atoms with E-state index in [4.69, 9.17) is 4.74 Å². The van der Waals surface area contributed by atoms with Crippen molar-refractivity contribution in [3.05, 3.63) is 54.4 Å². The molecular formula is C23H23N5O3. The molecule has 3 heterocycles. The minimum Gasteiger partial charge on any atom is -0.478 e. The summed E-state index contributed by atoms with van der Waals surface area (Å²) in [5.41, 5.74) is 2.16. The molecule has 158 valence electrons. The number of aryl methyl sites for hydroxylation is 1. The molecule has 1 aromatic heterocycles. The maximum atomic E-state index is 12.6. The summed E-state index contributed by atoms with van der Waals surface area (Å²) >= 11 is 0. The topological polar surface area (TPSA) is 98.1 Å². The Labute approximate surface area is 179 Å². The average Bonchev–Trinajstić information content (AvgIpc) is 3.02. The summed E-state index contributed by atoms with van der Waals surface area (Å²) < 4.78 is 7.89. The molecule has 8 heteroatoms. The molecule has 2 amide bonds. The van der Waals surface area contributed by atoms with Crippen LogP contribution in [-0.4, -0.2) is 32.7 Å².